The van der Waals surface area contributed by atoms with E-state index >= 15 is 0 Å². The first-order valence-electron chi connectivity index (χ1n) is 11.2. The van der Waals surface area contributed by atoms with Crippen molar-refractivity contribution in [3.63, 3.8) is 0 Å². The molecule has 3 rings (SSSR count). The summed E-state index contributed by atoms with van der Waals surface area (Å²) in [6, 6.07) is 9.36. The molecule has 5 atom stereocenters. The maximum absolute atomic E-state index is 13.2. The molecule has 0 amide bonds. The zero-order chi connectivity index (χ0) is 23.4. The molecule has 0 saturated carbocycles. The molecule has 7 nitrogen and oxygen atoms in total. The van der Waals surface area contributed by atoms with Crippen LogP contribution in [0.3, 0.4) is 0 Å². The molecule has 174 valence electrons. The van der Waals surface area contributed by atoms with Crippen LogP contribution in [-0.2, 0) is 14.3 Å². The van der Waals surface area contributed by atoms with Gasteiger partial charge in [0.1, 0.15) is 12.9 Å². The normalized spacial score (nSPS) is 24.0. The van der Waals surface area contributed by atoms with Gasteiger partial charge in [0.2, 0.25) is 0 Å². The SMILES string of the molecule is CC[C@H](COC(C)=O)[C@@H]1O[C@@H](c2c(O)c(-c3ccccc3)cn(OC)c2=O)[C@H](C)C[C@@H]1C. The van der Waals surface area contributed by atoms with Crippen LogP contribution in [-0.4, -0.2) is 35.6 Å². The summed E-state index contributed by atoms with van der Waals surface area (Å²) in [6.45, 7) is 7.82. The summed E-state index contributed by atoms with van der Waals surface area (Å²) in [6.07, 6.45) is 2.25. The van der Waals surface area contributed by atoms with Crippen LogP contribution in [0.1, 0.15) is 52.2 Å². The quantitative estimate of drug-likeness (QED) is 0.652. The van der Waals surface area contributed by atoms with E-state index in [0.717, 1.165) is 23.1 Å². The van der Waals surface area contributed by atoms with Gasteiger partial charge in [-0.1, -0.05) is 51.1 Å². The predicted molar refractivity (Wildman–Crippen MR) is 121 cm³/mol. The van der Waals surface area contributed by atoms with Gasteiger partial charge < -0.3 is 19.4 Å². The van der Waals surface area contributed by atoms with Crippen LogP contribution in [0, 0.1) is 17.8 Å². The highest BCUT2D eigenvalue weighted by Crippen LogP contribution is 2.44. The third-order valence-electron chi connectivity index (χ3n) is 6.37. The largest absolute Gasteiger partial charge is 0.507 e. The first-order valence-corrected chi connectivity index (χ1v) is 11.2. The molecule has 1 aliphatic rings. The molecule has 0 spiro atoms. The standard InChI is InChI=1S/C25H33NO6/c1-6-18(14-31-17(4)27)23-15(2)12-16(3)24(32-23)21-22(28)20(13-26(30-5)25(21)29)19-10-8-7-9-11-19/h7-11,13,15-16,18,23-24,28H,6,12,14H2,1-5H3/t15-,16+,18+,23+,24+/m0/s1. The van der Waals surface area contributed by atoms with Gasteiger partial charge in [0.25, 0.3) is 5.56 Å². The van der Waals surface area contributed by atoms with Crippen molar-refractivity contribution in [2.75, 3.05) is 13.7 Å². The van der Waals surface area contributed by atoms with Gasteiger partial charge in [0, 0.05) is 18.4 Å². The van der Waals surface area contributed by atoms with E-state index in [4.69, 9.17) is 14.3 Å². The van der Waals surface area contributed by atoms with Gasteiger partial charge in [-0.3, -0.25) is 9.59 Å². The Balaban J connectivity index is 2.05. The second-order valence-corrected chi connectivity index (χ2v) is 8.67. The number of hydrogen-bond acceptors (Lipinski definition) is 6. The lowest BCUT2D eigenvalue weighted by Crippen LogP contribution is -2.43. The van der Waals surface area contributed by atoms with Crippen LogP contribution in [0.25, 0.3) is 11.1 Å². The van der Waals surface area contributed by atoms with Gasteiger partial charge in [-0.25, -0.2) is 0 Å². The summed E-state index contributed by atoms with van der Waals surface area (Å²) >= 11 is 0. The first kappa shape index (κ1) is 23.9. The molecule has 0 bridgehead atoms. The number of esters is 1. The molecule has 1 aromatic heterocycles. The Morgan fingerprint density at radius 1 is 1.25 bits per heavy atom. The zero-order valence-electron chi connectivity index (χ0n) is 19.4. The summed E-state index contributed by atoms with van der Waals surface area (Å²) in [7, 11) is 1.42. The van der Waals surface area contributed by atoms with E-state index in [1.807, 2.05) is 44.2 Å². The molecule has 2 heterocycles. The topological polar surface area (TPSA) is 87.0 Å². The van der Waals surface area contributed by atoms with Gasteiger partial charge in [0.15, 0.2) is 0 Å². The maximum Gasteiger partial charge on any atom is 0.302 e. The molecule has 1 saturated heterocycles. The number of ether oxygens (including phenoxy) is 2. The molecule has 7 heteroatoms. The van der Waals surface area contributed by atoms with E-state index in [0.29, 0.717) is 5.56 Å². The molecular formula is C25H33NO6. The minimum atomic E-state index is -0.611. The number of nitrogens with zero attached hydrogens (tertiary/aromatic N) is 1. The molecule has 1 N–H and O–H groups in total. The van der Waals surface area contributed by atoms with E-state index in [1.165, 1.54) is 20.2 Å². The molecular weight excluding hydrogens is 410 g/mol. The summed E-state index contributed by atoms with van der Waals surface area (Å²) in [4.78, 5) is 29.9. The monoisotopic (exact) mass is 443 g/mol. The Morgan fingerprint density at radius 2 is 1.94 bits per heavy atom. The predicted octanol–water partition coefficient (Wildman–Crippen LogP) is 3.97. The maximum atomic E-state index is 13.2. The molecule has 2 aromatic rings. The number of rotatable bonds is 7. The molecule has 0 radical (unpaired) electrons. The molecule has 1 aromatic carbocycles. The number of carbonyl (C=O) groups is 1. The average molecular weight is 444 g/mol. The highest BCUT2D eigenvalue weighted by Gasteiger charge is 2.41. The third-order valence-corrected chi connectivity index (χ3v) is 6.37. The van der Waals surface area contributed by atoms with Crippen LogP contribution < -0.4 is 10.4 Å². The van der Waals surface area contributed by atoms with E-state index in [9.17, 15) is 14.7 Å². The smallest absolute Gasteiger partial charge is 0.302 e. The fourth-order valence-corrected chi connectivity index (χ4v) is 4.70. The van der Waals surface area contributed by atoms with E-state index in [2.05, 4.69) is 6.92 Å². The number of aromatic hydroxyl groups is 1. The van der Waals surface area contributed by atoms with Gasteiger partial charge in [0.05, 0.1) is 30.6 Å². The Hall–Kier alpha value is -2.80. The van der Waals surface area contributed by atoms with E-state index < -0.39 is 11.7 Å². The molecule has 1 fully saturated rings. The summed E-state index contributed by atoms with van der Waals surface area (Å²) in [5, 5.41) is 11.2. The van der Waals surface area contributed by atoms with Gasteiger partial charge in [-0.2, -0.15) is 4.73 Å². The van der Waals surface area contributed by atoms with Crippen molar-refractivity contribution in [3.05, 3.63) is 52.4 Å². The second-order valence-electron chi connectivity index (χ2n) is 8.67. The van der Waals surface area contributed by atoms with Crippen molar-refractivity contribution in [1.82, 2.24) is 4.73 Å². The Bertz CT molecular complexity index is 986. The Morgan fingerprint density at radius 3 is 2.53 bits per heavy atom. The Labute approximate surface area is 188 Å². The number of hydrogen-bond donors (Lipinski definition) is 1. The van der Waals surface area contributed by atoms with Gasteiger partial charge in [-0.15, -0.1) is 0 Å². The van der Waals surface area contributed by atoms with Crippen molar-refractivity contribution in [1.29, 1.82) is 0 Å². The minimum Gasteiger partial charge on any atom is -0.507 e. The Kier molecular flexibility index (Phi) is 7.61. The third kappa shape index (κ3) is 4.83. The van der Waals surface area contributed by atoms with Crippen molar-refractivity contribution in [2.24, 2.45) is 17.8 Å². The highest BCUT2D eigenvalue weighted by atomic mass is 16.6. The molecule has 1 aliphatic heterocycles. The van der Waals surface area contributed by atoms with Crippen LogP contribution in [0.2, 0.25) is 0 Å². The van der Waals surface area contributed by atoms with Crippen LogP contribution in [0.5, 0.6) is 5.75 Å². The average Bonchev–Trinajstić information content (AvgIpc) is 2.77. The van der Waals surface area contributed by atoms with Gasteiger partial charge >= 0.3 is 5.97 Å². The van der Waals surface area contributed by atoms with Crippen molar-refractivity contribution >= 4 is 5.97 Å². The minimum absolute atomic E-state index is 0.00223. The molecule has 32 heavy (non-hydrogen) atoms. The summed E-state index contributed by atoms with van der Waals surface area (Å²) in [5.74, 6) is -0.207. The number of carbonyl (C=O) groups excluding carboxylic acids is 1. The lowest BCUT2D eigenvalue weighted by molar-refractivity contribution is -0.157. The van der Waals surface area contributed by atoms with Crippen LogP contribution in [0.4, 0.5) is 0 Å². The number of pyridine rings is 1. The van der Waals surface area contributed by atoms with E-state index in [-0.39, 0.29) is 47.7 Å². The summed E-state index contributed by atoms with van der Waals surface area (Å²) in [5.41, 5.74) is 1.02. The highest BCUT2D eigenvalue weighted by molar-refractivity contribution is 5.71. The number of benzene rings is 1. The zero-order valence-corrected chi connectivity index (χ0v) is 19.4. The first-order chi connectivity index (χ1) is 15.3. The lowest BCUT2D eigenvalue weighted by Gasteiger charge is -2.42. The molecule has 0 unspecified atom stereocenters. The van der Waals surface area contributed by atoms with Gasteiger partial charge in [-0.05, 0) is 30.2 Å². The number of aromatic nitrogens is 1. The second kappa shape index (κ2) is 10.2. The van der Waals surface area contributed by atoms with Crippen molar-refractivity contribution in [2.45, 2.75) is 52.7 Å². The van der Waals surface area contributed by atoms with Crippen molar-refractivity contribution < 1.29 is 24.2 Å². The fraction of sp³-hybridized carbons (Fsp3) is 0.520. The van der Waals surface area contributed by atoms with Crippen molar-refractivity contribution in [3.8, 4) is 16.9 Å². The lowest BCUT2D eigenvalue weighted by atomic mass is 9.78. The van der Waals surface area contributed by atoms with Crippen LogP contribution in [0.15, 0.2) is 41.3 Å². The summed E-state index contributed by atoms with van der Waals surface area (Å²) < 4.78 is 12.9. The fourth-order valence-electron chi connectivity index (χ4n) is 4.70. The molecule has 0 aliphatic carbocycles. The van der Waals surface area contributed by atoms with Crippen LogP contribution >= 0.6 is 0 Å². The van der Waals surface area contributed by atoms with E-state index in [1.54, 1.807) is 0 Å².